The Morgan fingerprint density at radius 1 is 0.714 bits per heavy atom. The summed E-state index contributed by atoms with van der Waals surface area (Å²) >= 11 is 9.46. The van der Waals surface area contributed by atoms with Crippen LogP contribution in [0.15, 0.2) is 114 Å². The molecule has 0 heterocycles. The van der Waals surface area contributed by atoms with Gasteiger partial charge in [-0.15, -0.1) is 0 Å². The number of hydrogen-bond acceptors (Lipinski definition) is 2. The van der Waals surface area contributed by atoms with Gasteiger partial charge in [-0.2, -0.15) is 0 Å². The predicted octanol–water partition coefficient (Wildman–Crippen LogP) is 5.42. The number of hydrogen-bond donors (Lipinski definition) is 1. The molecule has 0 saturated heterocycles. The van der Waals surface area contributed by atoms with Crippen molar-refractivity contribution < 1.29 is 5.11 Å². The summed E-state index contributed by atoms with van der Waals surface area (Å²) in [5.41, 5.74) is 0. The molecular weight excluding hydrogens is 403 g/mol. The van der Waals surface area contributed by atoms with Gasteiger partial charge in [-0.25, -0.2) is 0 Å². The van der Waals surface area contributed by atoms with E-state index in [4.69, 9.17) is 16.3 Å². The van der Waals surface area contributed by atoms with Crippen LogP contribution in [0.3, 0.4) is 0 Å². The van der Waals surface area contributed by atoms with Gasteiger partial charge in [-0.05, 0) is 0 Å². The normalized spacial score (nSPS) is 13.6. The van der Waals surface area contributed by atoms with Crippen molar-refractivity contribution in [2.24, 2.45) is 0 Å². The van der Waals surface area contributed by atoms with Crippen LogP contribution in [0.1, 0.15) is 0 Å². The van der Waals surface area contributed by atoms with Crippen LogP contribution in [-0.4, -0.2) is 17.5 Å². The Morgan fingerprint density at radius 2 is 1.14 bits per heavy atom. The van der Waals surface area contributed by atoms with Crippen LogP contribution >= 0.6 is 29.0 Å². The summed E-state index contributed by atoms with van der Waals surface area (Å²) in [4.78, 5) is 0. The topological polar surface area (TPSA) is 20.2 Å². The standard InChI is InChI=1S/C24H24ClOPS/c25-27(22-12-4-1-5-13-22,23-14-6-2-7-15-23,24-16-8-3-9-17-24)19-10-11-20-28-21-18-26/h1-17,19-20,26H,18,21H2. The van der Waals surface area contributed by atoms with Crippen molar-refractivity contribution >= 4 is 44.9 Å². The van der Waals surface area contributed by atoms with Gasteiger partial charge >= 0.3 is 177 Å². The molecule has 0 spiro atoms. The molecule has 3 rings (SSSR count). The molecule has 0 aromatic heterocycles. The second-order valence-corrected chi connectivity index (χ2v) is 13.5. The van der Waals surface area contributed by atoms with Gasteiger partial charge in [0, 0.05) is 0 Å². The molecule has 0 aliphatic carbocycles. The van der Waals surface area contributed by atoms with Crippen molar-refractivity contribution in [2.45, 2.75) is 0 Å². The van der Waals surface area contributed by atoms with Crippen molar-refractivity contribution in [1.29, 1.82) is 0 Å². The molecular formula is C24H24ClOPS. The Labute approximate surface area is 176 Å². The maximum atomic E-state index is 8.95. The molecule has 0 unspecified atom stereocenters. The van der Waals surface area contributed by atoms with Gasteiger partial charge in [0.25, 0.3) is 0 Å². The summed E-state index contributed by atoms with van der Waals surface area (Å²) in [5, 5.41) is 14.3. The number of aliphatic hydroxyl groups is 1. The summed E-state index contributed by atoms with van der Waals surface area (Å²) in [7, 11) is 0. The number of rotatable bonds is 8. The van der Waals surface area contributed by atoms with E-state index >= 15 is 0 Å². The second kappa shape index (κ2) is 9.58. The van der Waals surface area contributed by atoms with Crippen LogP contribution in [0.4, 0.5) is 0 Å². The Morgan fingerprint density at radius 3 is 1.54 bits per heavy atom. The van der Waals surface area contributed by atoms with Gasteiger partial charge in [-0.1, -0.05) is 0 Å². The van der Waals surface area contributed by atoms with E-state index in [-0.39, 0.29) is 6.61 Å². The molecule has 0 atom stereocenters. The number of halogens is 1. The van der Waals surface area contributed by atoms with Crippen LogP contribution in [0.25, 0.3) is 0 Å². The third-order valence-electron chi connectivity index (χ3n) is 4.64. The van der Waals surface area contributed by atoms with Crippen molar-refractivity contribution in [1.82, 2.24) is 0 Å². The Hall–Kier alpha value is -1.83. The quantitative estimate of drug-likeness (QED) is 0.295. The van der Waals surface area contributed by atoms with E-state index in [1.165, 1.54) is 0 Å². The third-order valence-corrected chi connectivity index (χ3v) is 12.2. The molecule has 0 amide bonds. The van der Waals surface area contributed by atoms with E-state index in [1.54, 1.807) is 11.8 Å². The monoisotopic (exact) mass is 426 g/mol. The van der Waals surface area contributed by atoms with E-state index in [9.17, 15) is 0 Å². The van der Waals surface area contributed by atoms with Crippen molar-refractivity contribution in [2.75, 3.05) is 12.4 Å². The maximum absolute atomic E-state index is 8.95. The first-order valence-electron chi connectivity index (χ1n) is 9.17. The molecule has 1 nitrogen and oxygen atoms in total. The van der Waals surface area contributed by atoms with Crippen LogP contribution < -0.4 is 15.9 Å². The zero-order chi connectivity index (χ0) is 19.7. The minimum atomic E-state index is -3.32. The summed E-state index contributed by atoms with van der Waals surface area (Å²) in [6, 6.07) is 31.1. The molecule has 144 valence electrons. The van der Waals surface area contributed by atoms with Gasteiger partial charge in [0.15, 0.2) is 0 Å². The van der Waals surface area contributed by atoms with Gasteiger partial charge < -0.3 is 0 Å². The Balaban J connectivity index is 2.25. The molecule has 3 aromatic carbocycles. The fourth-order valence-electron chi connectivity index (χ4n) is 3.30. The van der Waals surface area contributed by atoms with Crippen LogP contribution in [0.2, 0.25) is 0 Å². The van der Waals surface area contributed by atoms with E-state index < -0.39 is 5.96 Å². The van der Waals surface area contributed by atoms with E-state index in [1.807, 2.05) is 72.2 Å². The molecule has 3 aromatic rings. The SMILES string of the molecule is OCCSC=CC=CP(Cl)(c1ccccc1)(c1ccccc1)c1ccccc1. The predicted molar refractivity (Wildman–Crippen MR) is 129 cm³/mol. The van der Waals surface area contributed by atoms with Crippen molar-refractivity contribution in [3.63, 3.8) is 0 Å². The average molecular weight is 427 g/mol. The first-order valence-corrected chi connectivity index (χ1v) is 13.4. The molecule has 0 fully saturated rings. The second-order valence-electron chi connectivity index (χ2n) is 6.34. The summed E-state index contributed by atoms with van der Waals surface area (Å²) < 4.78 is 0. The first-order chi connectivity index (χ1) is 13.7. The molecule has 0 saturated carbocycles. The Kier molecular flexibility index (Phi) is 7.15. The fraction of sp³-hybridized carbons (Fsp3) is 0.0833. The molecule has 1 N–H and O–H groups in total. The third kappa shape index (κ3) is 4.11. The van der Waals surface area contributed by atoms with E-state index in [0.29, 0.717) is 5.75 Å². The average Bonchev–Trinajstić information content (AvgIpc) is 2.78. The number of allylic oxidation sites excluding steroid dienone is 2. The number of benzene rings is 3. The molecule has 0 aliphatic rings. The van der Waals surface area contributed by atoms with Gasteiger partial charge in [0.05, 0.1) is 0 Å². The summed E-state index contributed by atoms with van der Waals surface area (Å²) in [6.07, 6.45) is 4.04. The van der Waals surface area contributed by atoms with Crippen LogP contribution in [-0.2, 0) is 0 Å². The minimum absolute atomic E-state index is 0.172. The molecule has 4 heteroatoms. The Bertz CT molecular complexity index is 827. The van der Waals surface area contributed by atoms with Crippen LogP contribution in [0.5, 0.6) is 0 Å². The zero-order valence-electron chi connectivity index (χ0n) is 15.6. The van der Waals surface area contributed by atoms with Crippen LogP contribution in [0, 0.1) is 0 Å². The van der Waals surface area contributed by atoms with Crippen molar-refractivity contribution in [3.8, 4) is 0 Å². The van der Waals surface area contributed by atoms with Gasteiger partial charge in [0.1, 0.15) is 0 Å². The van der Waals surface area contributed by atoms with E-state index in [0.717, 1.165) is 15.9 Å². The summed E-state index contributed by atoms with van der Waals surface area (Å²) in [5.74, 6) is -0.453. The van der Waals surface area contributed by atoms with Gasteiger partial charge in [-0.3, -0.25) is 0 Å². The molecule has 0 radical (unpaired) electrons. The van der Waals surface area contributed by atoms with Gasteiger partial charge in [0.2, 0.25) is 0 Å². The van der Waals surface area contributed by atoms with E-state index in [2.05, 4.69) is 42.2 Å². The first kappa shape index (κ1) is 20.9. The molecule has 28 heavy (non-hydrogen) atoms. The number of aliphatic hydroxyl groups excluding tert-OH is 1. The zero-order valence-corrected chi connectivity index (χ0v) is 18.0. The molecule has 0 aliphatic heterocycles. The fourth-order valence-corrected chi connectivity index (χ4v) is 9.05. The number of thioether (sulfide) groups is 1. The van der Waals surface area contributed by atoms with Crippen molar-refractivity contribution in [3.05, 3.63) is 114 Å². The molecule has 0 bridgehead atoms. The summed E-state index contributed by atoms with van der Waals surface area (Å²) in [6.45, 7) is 0.172.